The van der Waals surface area contributed by atoms with Gasteiger partial charge in [-0.15, -0.1) is 5.06 Å². The van der Waals surface area contributed by atoms with Crippen LogP contribution in [0.5, 0.6) is 11.5 Å². The van der Waals surface area contributed by atoms with E-state index in [2.05, 4.69) is 10.6 Å². The third kappa shape index (κ3) is 13.4. The first-order valence-electron chi connectivity index (χ1n) is 29.5. The van der Waals surface area contributed by atoms with Gasteiger partial charge in [0.1, 0.15) is 27.8 Å². The number of allylic oxidation sites excluding steroid dienone is 6. The lowest BCUT2D eigenvalue weighted by Crippen LogP contribution is -2.52. The molecule has 92 heavy (non-hydrogen) atoms. The first-order valence-corrected chi connectivity index (χ1v) is 35.3. The Morgan fingerprint density at radius 3 is 1.83 bits per heavy atom. The van der Waals surface area contributed by atoms with Gasteiger partial charge in [0, 0.05) is 109 Å². The quantitative estimate of drug-likeness (QED) is 0.0114. The predicted octanol–water partition coefficient (Wildman–Crippen LogP) is 7.75. The van der Waals surface area contributed by atoms with Crippen molar-refractivity contribution in [2.75, 3.05) is 31.1 Å². The fraction of sp³-hybridized carbons (Fsp3) is 0.397. The monoisotopic (exact) mass is 1350 g/mol. The molecule has 0 spiro atoms. The predicted molar refractivity (Wildman–Crippen MR) is 337 cm³/mol. The molecule has 1 fully saturated rings. The molecule has 492 valence electrons. The molecule has 4 aliphatic rings. The van der Waals surface area contributed by atoms with Crippen molar-refractivity contribution in [3.8, 4) is 11.5 Å². The number of carbonyl (C=O) groups is 5. The molecule has 4 heterocycles. The number of hydrogen-bond donors (Lipinski definition) is 7. The number of unbranched alkanes of at least 4 members (excludes halogenated alkanes) is 2. The van der Waals surface area contributed by atoms with Gasteiger partial charge in [-0.1, -0.05) is 38.1 Å². The number of aromatic hydroxyl groups is 1. The van der Waals surface area contributed by atoms with Gasteiger partial charge in [-0.25, -0.2) is 4.79 Å². The van der Waals surface area contributed by atoms with Crippen molar-refractivity contribution < 1.29 is 95.1 Å². The molecule has 25 nitrogen and oxygen atoms in total. The second kappa shape index (κ2) is 25.2. The van der Waals surface area contributed by atoms with Crippen molar-refractivity contribution in [3.05, 3.63) is 118 Å². The van der Waals surface area contributed by atoms with Gasteiger partial charge in [0.15, 0.2) is 11.3 Å². The lowest BCUT2D eigenvalue weighted by atomic mass is 9.79. The molecule has 1 saturated heterocycles. The number of imide groups is 1. The van der Waals surface area contributed by atoms with Gasteiger partial charge >= 0.3 is 5.97 Å². The standard InChI is InChI=1S/C63H71N5O20S4/c1-36-37(2)59-41(38(3)58(36)73)26-27-63(8,87-59)60(74)65-29-28-64-52(69)18-12-14-30-66-46-22-20-42-44(32-39(89(75,76)77)34-48(42)91(81,82)83)56(46)61(4,5)50(66)16-10-9-11-17-51-62(6,7)57-45-33-40(90(78,79)80)35-49(92(84,85)86)43(45)21-23-47(57)67(51)31-15-13-19-55(72)88-68-53(70)24-25-54(68)71/h9-11,16-17,20-23,32-35H,12-15,18-19,24-31H2,1-8H3,(H6-,64,65,69,73,74,75,76,77,78,79,80,81,82,83,84,85,86)/p+1. The van der Waals surface area contributed by atoms with Gasteiger partial charge in [0.25, 0.3) is 58.2 Å². The second-order valence-corrected chi connectivity index (χ2v) is 30.1. The molecule has 0 aliphatic carbocycles. The molecule has 1 atom stereocenters. The number of anilines is 1. The number of benzene rings is 5. The van der Waals surface area contributed by atoms with E-state index in [1.807, 2.05) is 37.2 Å². The zero-order valence-electron chi connectivity index (χ0n) is 51.7. The van der Waals surface area contributed by atoms with E-state index in [1.165, 1.54) is 12.1 Å². The molecule has 7 N–H and O–H groups in total. The molecule has 0 bridgehead atoms. The van der Waals surface area contributed by atoms with Crippen LogP contribution in [0.4, 0.5) is 11.4 Å². The summed E-state index contributed by atoms with van der Waals surface area (Å²) in [7, 11) is -20.2. The Bertz CT molecular complexity index is 4590. The minimum Gasteiger partial charge on any atom is -0.507 e. The van der Waals surface area contributed by atoms with Crippen molar-refractivity contribution in [2.45, 2.75) is 156 Å². The van der Waals surface area contributed by atoms with E-state index < -0.39 is 94.3 Å². The zero-order valence-corrected chi connectivity index (χ0v) is 55.0. The van der Waals surface area contributed by atoms with Gasteiger partial charge in [-0.2, -0.15) is 38.2 Å². The highest BCUT2D eigenvalue weighted by Crippen LogP contribution is 2.53. The third-order valence-electron chi connectivity index (χ3n) is 17.7. The van der Waals surface area contributed by atoms with E-state index in [-0.39, 0.29) is 97.4 Å². The highest BCUT2D eigenvalue weighted by molar-refractivity contribution is 7.87. The van der Waals surface area contributed by atoms with Gasteiger partial charge in [0.2, 0.25) is 11.6 Å². The van der Waals surface area contributed by atoms with E-state index in [0.717, 1.165) is 23.3 Å². The van der Waals surface area contributed by atoms with Gasteiger partial charge in [-0.05, 0) is 143 Å². The van der Waals surface area contributed by atoms with Crippen LogP contribution in [0.2, 0.25) is 0 Å². The molecule has 9 rings (SSSR count). The fourth-order valence-corrected chi connectivity index (χ4v) is 15.5. The molecule has 5 aromatic carbocycles. The van der Waals surface area contributed by atoms with Crippen LogP contribution >= 0.6 is 0 Å². The summed E-state index contributed by atoms with van der Waals surface area (Å²) >= 11 is 0. The molecule has 1 unspecified atom stereocenters. The van der Waals surface area contributed by atoms with E-state index in [9.17, 15) is 81.0 Å². The molecule has 0 radical (unpaired) electrons. The summed E-state index contributed by atoms with van der Waals surface area (Å²) in [5.41, 5.74) is 2.70. The number of ether oxygens (including phenoxy) is 1. The maximum atomic E-state index is 13.5. The number of rotatable bonds is 22. The molecule has 5 aromatic rings. The Kier molecular flexibility index (Phi) is 18.8. The Labute approximate surface area is 532 Å². The summed E-state index contributed by atoms with van der Waals surface area (Å²) in [6.45, 7) is 15.1. The van der Waals surface area contributed by atoms with Crippen molar-refractivity contribution in [1.29, 1.82) is 0 Å². The van der Waals surface area contributed by atoms with Crippen molar-refractivity contribution in [2.24, 2.45) is 0 Å². The average molecular weight is 1350 g/mol. The SMILES string of the molecule is Cc1c(C)c2c(c(C)c1O)CCC(C)(C(=O)NCCNC(=O)CCCCN1C(=CC=CC=CC3=[N+](CCCCC(=O)ON4C(=O)CCC4=O)c4ccc5c(S(=O)(=O)O)cc(S(=O)(=O)O)cc5c4C3(C)C)C(C)(C)c3c1ccc1c(S(=O)(=O)O)cc(S(=O)(=O)O)cc31)O2. The minimum absolute atomic E-state index is 0.0284. The molecular formula is C63H72N5O20S4+. The van der Waals surface area contributed by atoms with E-state index in [1.54, 1.807) is 70.2 Å². The second-order valence-electron chi connectivity index (χ2n) is 24.5. The lowest BCUT2D eigenvalue weighted by molar-refractivity contribution is -0.438. The lowest BCUT2D eigenvalue weighted by Gasteiger charge is -2.36. The zero-order chi connectivity index (χ0) is 67.6. The molecule has 29 heteroatoms. The number of fused-ring (bicyclic) bond motifs is 7. The number of hydroxylamine groups is 2. The van der Waals surface area contributed by atoms with Crippen LogP contribution in [0.25, 0.3) is 21.5 Å². The molecule has 0 aromatic heterocycles. The van der Waals surface area contributed by atoms with E-state index >= 15 is 0 Å². The van der Waals surface area contributed by atoms with Crippen LogP contribution in [0.15, 0.2) is 104 Å². The van der Waals surface area contributed by atoms with Crippen LogP contribution in [-0.2, 0) is 86.5 Å². The number of hydrogen-bond acceptors (Lipinski definition) is 17. The normalized spacial score (nSPS) is 18.5. The topological polar surface area (TPSA) is 375 Å². The number of phenols is 1. The van der Waals surface area contributed by atoms with Gasteiger partial charge in [-0.3, -0.25) is 37.4 Å². The van der Waals surface area contributed by atoms with Crippen LogP contribution in [0.1, 0.15) is 126 Å². The van der Waals surface area contributed by atoms with Crippen LogP contribution in [-0.4, -0.2) is 134 Å². The van der Waals surface area contributed by atoms with Crippen molar-refractivity contribution in [3.63, 3.8) is 0 Å². The fourth-order valence-electron chi connectivity index (χ4n) is 12.8. The first-order chi connectivity index (χ1) is 42.8. The number of amides is 4. The van der Waals surface area contributed by atoms with Crippen LogP contribution in [0, 0.1) is 20.8 Å². The first kappa shape index (κ1) is 68.5. The molecular weight excluding hydrogens is 1270 g/mol. The molecule has 0 saturated carbocycles. The highest BCUT2D eigenvalue weighted by atomic mass is 32.2. The number of nitrogens with zero attached hydrogens (tertiary/aromatic N) is 3. The van der Waals surface area contributed by atoms with E-state index in [4.69, 9.17) is 9.57 Å². The Morgan fingerprint density at radius 1 is 0.652 bits per heavy atom. The number of phenolic OH excluding ortho intramolecular Hbond substituents is 1. The molecule has 4 amide bonds. The maximum absolute atomic E-state index is 13.5. The summed E-state index contributed by atoms with van der Waals surface area (Å²) in [5.74, 6) is -1.96. The van der Waals surface area contributed by atoms with Crippen LogP contribution in [0.3, 0.4) is 0 Å². The van der Waals surface area contributed by atoms with E-state index in [0.29, 0.717) is 100 Å². The van der Waals surface area contributed by atoms with Gasteiger partial charge < -0.3 is 30.2 Å². The minimum atomic E-state index is -5.07. The average Bonchev–Trinajstić information content (AvgIpc) is 1.52. The van der Waals surface area contributed by atoms with Crippen LogP contribution < -0.4 is 20.3 Å². The van der Waals surface area contributed by atoms with Gasteiger partial charge in [0.05, 0.1) is 15.2 Å². The summed E-state index contributed by atoms with van der Waals surface area (Å²) in [6.07, 6.45) is 10.5. The summed E-state index contributed by atoms with van der Waals surface area (Å²) in [5, 5.41) is 16.9. The third-order valence-corrected chi connectivity index (χ3v) is 21.1. The summed E-state index contributed by atoms with van der Waals surface area (Å²) in [4.78, 5) is 67.6. The van der Waals surface area contributed by atoms with Crippen molar-refractivity contribution in [1.82, 2.24) is 15.7 Å². The largest absolute Gasteiger partial charge is 0.507 e. The Balaban J connectivity index is 0.982. The Morgan fingerprint density at radius 2 is 1.23 bits per heavy atom. The molecule has 4 aliphatic heterocycles. The summed E-state index contributed by atoms with van der Waals surface area (Å²) < 4.78 is 151. The summed E-state index contributed by atoms with van der Waals surface area (Å²) in [6, 6.07) is 9.60. The highest BCUT2D eigenvalue weighted by Gasteiger charge is 2.47. The number of carbonyl (C=O) groups excluding carboxylic acids is 5. The van der Waals surface area contributed by atoms with Crippen molar-refractivity contribution >= 4 is 109 Å². The Hall–Kier alpha value is -7.90. The maximum Gasteiger partial charge on any atom is 0.333 e. The smallest absolute Gasteiger partial charge is 0.333 e. The number of nitrogens with one attached hydrogen (secondary N) is 2.